The first kappa shape index (κ1) is 10.9. The lowest BCUT2D eigenvalue weighted by Crippen LogP contribution is -2.52. The summed E-state index contributed by atoms with van der Waals surface area (Å²) in [5.74, 6) is -0.0596. The Balaban J connectivity index is 2.14. The van der Waals surface area contributed by atoms with Gasteiger partial charge in [0.15, 0.2) is 0 Å². The molecule has 3 N–H and O–H groups in total. The number of likely N-dealkylation sites (N-methyl/N-ethyl adjacent to an activating group) is 1. The zero-order valence-electron chi connectivity index (χ0n) is 9.60. The number of carbonyl (C=O) groups excluding carboxylic acids is 1. The minimum atomic E-state index is -0.0596. The zero-order valence-corrected chi connectivity index (χ0v) is 9.60. The van der Waals surface area contributed by atoms with E-state index in [0.29, 0.717) is 11.4 Å². The summed E-state index contributed by atoms with van der Waals surface area (Å²) in [5.41, 5.74) is 6.48. The van der Waals surface area contributed by atoms with E-state index < -0.39 is 0 Å². The summed E-state index contributed by atoms with van der Waals surface area (Å²) in [6, 6.07) is 0.203. The van der Waals surface area contributed by atoms with Gasteiger partial charge >= 0.3 is 0 Å². The van der Waals surface area contributed by atoms with E-state index in [-0.39, 0.29) is 11.9 Å². The van der Waals surface area contributed by atoms with Gasteiger partial charge < -0.3 is 15.5 Å². The van der Waals surface area contributed by atoms with Gasteiger partial charge in [0.2, 0.25) is 0 Å². The molecule has 0 spiro atoms. The first-order valence-corrected chi connectivity index (χ1v) is 5.38. The van der Waals surface area contributed by atoms with Gasteiger partial charge in [0.05, 0.1) is 11.9 Å². The smallest absolute Gasteiger partial charge is 0.274 e. The van der Waals surface area contributed by atoms with Crippen molar-refractivity contribution in [2.45, 2.75) is 13.0 Å². The van der Waals surface area contributed by atoms with Gasteiger partial charge in [0.1, 0.15) is 5.69 Å². The van der Waals surface area contributed by atoms with Crippen LogP contribution in [0.3, 0.4) is 0 Å². The Labute approximate surface area is 94.4 Å². The van der Waals surface area contributed by atoms with Crippen molar-refractivity contribution in [3.8, 4) is 0 Å². The lowest BCUT2D eigenvalue weighted by atomic mass is 10.2. The van der Waals surface area contributed by atoms with Crippen LogP contribution in [-0.2, 0) is 0 Å². The van der Waals surface area contributed by atoms with E-state index in [2.05, 4.69) is 22.1 Å². The highest BCUT2D eigenvalue weighted by Gasteiger charge is 2.28. The van der Waals surface area contributed by atoms with Gasteiger partial charge in [-0.15, -0.1) is 0 Å². The Morgan fingerprint density at radius 3 is 2.94 bits per heavy atom. The Hall–Kier alpha value is -1.56. The third-order valence-corrected chi connectivity index (χ3v) is 2.97. The van der Waals surface area contributed by atoms with E-state index in [1.165, 1.54) is 6.20 Å². The minimum Gasteiger partial charge on any atom is -0.396 e. The highest BCUT2D eigenvalue weighted by molar-refractivity contribution is 5.97. The number of nitrogens with one attached hydrogen (secondary N) is 1. The number of nitrogen functional groups attached to an aromatic ring is 1. The van der Waals surface area contributed by atoms with E-state index in [1.807, 2.05) is 11.8 Å². The topological polar surface area (TPSA) is 78.2 Å². The summed E-state index contributed by atoms with van der Waals surface area (Å²) in [6.07, 6.45) is 1.47. The molecule has 2 heterocycles. The van der Waals surface area contributed by atoms with Crippen LogP contribution in [-0.4, -0.2) is 58.6 Å². The van der Waals surface area contributed by atoms with E-state index in [0.717, 1.165) is 19.6 Å². The van der Waals surface area contributed by atoms with Gasteiger partial charge in [-0.2, -0.15) is 5.10 Å². The number of aromatic amines is 1. The summed E-state index contributed by atoms with van der Waals surface area (Å²) in [6.45, 7) is 4.55. The number of carbonyl (C=O) groups is 1. The molecule has 0 radical (unpaired) electrons. The molecule has 6 heteroatoms. The number of hydrogen-bond donors (Lipinski definition) is 2. The predicted molar refractivity (Wildman–Crippen MR) is 61.0 cm³/mol. The van der Waals surface area contributed by atoms with Crippen LogP contribution in [0.4, 0.5) is 5.69 Å². The van der Waals surface area contributed by atoms with Crippen LogP contribution < -0.4 is 5.73 Å². The monoisotopic (exact) mass is 223 g/mol. The van der Waals surface area contributed by atoms with Gasteiger partial charge in [-0.25, -0.2) is 0 Å². The highest BCUT2D eigenvalue weighted by Crippen LogP contribution is 2.15. The van der Waals surface area contributed by atoms with Crippen molar-refractivity contribution < 1.29 is 4.79 Å². The summed E-state index contributed by atoms with van der Waals surface area (Å²) in [5, 5.41) is 6.42. The van der Waals surface area contributed by atoms with Crippen LogP contribution in [0, 0.1) is 0 Å². The van der Waals surface area contributed by atoms with Crippen LogP contribution in [0.2, 0.25) is 0 Å². The third-order valence-electron chi connectivity index (χ3n) is 2.97. The quantitative estimate of drug-likeness (QED) is 0.689. The highest BCUT2D eigenvalue weighted by atomic mass is 16.2. The fourth-order valence-corrected chi connectivity index (χ4v) is 2.05. The van der Waals surface area contributed by atoms with E-state index in [4.69, 9.17) is 5.73 Å². The minimum absolute atomic E-state index is 0.0596. The van der Waals surface area contributed by atoms with E-state index >= 15 is 0 Å². The van der Waals surface area contributed by atoms with Crippen LogP contribution in [0.25, 0.3) is 0 Å². The molecule has 0 aliphatic carbocycles. The number of nitrogens with zero attached hydrogens (tertiary/aromatic N) is 3. The molecule has 16 heavy (non-hydrogen) atoms. The number of hydrogen-bond acceptors (Lipinski definition) is 4. The molecule has 88 valence electrons. The van der Waals surface area contributed by atoms with E-state index in [9.17, 15) is 4.79 Å². The van der Waals surface area contributed by atoms with Crippen molar-refractivity contribution in [2.24, 2.45) is 0 Å². The number of aromatic nitrogens is 2. The normalized spacial score (nSPS) is 22.4. The number of piperazine rings is 1. The standard InChI is InChI=1S/C10H17N5O/c1-7-6-14(2)3-4-15(7)10(16)9-8(11)5-12-13-9/h5,7H,3-4,6,11H2,1-2H3,(H,12,13). The van der Waals surface area contributed by atoms with Crippen LogP contribution in [0.15, 0.2) is 6.20 Å². The molecule has 1 saturated heterocycles. The average Bonchev–Trinajstić information content (AvgIpc) is 2.63. The molecule has 1 atom stereocenters. The average molecular weight is 223 g/mol. The molecule has 1 aromatic heterocycles. The number of nitrogens with two attached hydrogens (primary N) is 1. The molecule has 2 rings (SSSR count). The second-order valence-electron chi connectivity index (χ2n) is 4.31. The van der Waals surface area contributed by atoms with Gasteiger partial charge in [-0.1, -0.05) is 0 Å². The second kappa shape index (κ2) is 4.13. The van der Waals surface area contributed by atoms with Crippen molar-refractivity contribution in [2.75, 3.05) is 32.4 Å². The van der Waals surface area contributed by atoms with Crippen molar-refractivity contribution in [3.63, 3.8) is 0 Å². The third kappa shape index (κ3) is 1.88. The van der Waals surface area contributed by atoms with E-state index in [1.54, 1.807) is 0 Å². The lowest BCUT2D eigenvalue weighted by Gasteiger charge is -2.37. The molecule has 0 bridgehead atoms. The maximum atomic E-state index is 12.2. The fraction of sp³-hybridized carbons (Fsp3) is 0.600. The molecule has 1 aliphatic rings. The maximum Gasteiger partial charge on any atom is 0.274 e. The molecule has 0 saturated carbocycles. The molecule has 1 fully saturated rings. The van der Waals surface area contributed by atoms with Crippen LogP contribution in [0.5, 0.6) is 0 Å². The molecule has 1 amide bonds. The Bertz CT molecular complexity index is 388. The molecular formula is C10H17N5O. The predicted octanol–water partition coefficient (Wildman–Crippen LogP) is -0.232. The maximum absolute atomic E-state index is 12.2. The fourth-order valence-electron chi connectivity index (χ4n) is 2.05. The second-order valence-corrected chi connectivity index (χ2v) is 4.31. The van der Waals surface area contributed by atoms with Gasteiger partial charge in [0, 0.05) is 25.7 Å². The summed E-state index contributed by atoms with van der Waals surface area (Å²) in [4.78, 5) is 16.2. The Morgan fingerprint density at radius 2 is 2.38 bits per heavy atom. The number of amides is 1. The lowest BCUT2D eigenvalue weighted by molar-refractivity contribution is 0.0529. The molecule has 1 unspecified atom stereocenters. The zero-order chi connectivity index (χ0) is 11.7. The van der Waals surface area contributed by atoms with Crippen molar-refractivity contribution in [3.05, 3.63) is 11.9 Å². The number of anilines is 1. The Morgan fingerprint density at radius 1 is 1.62 bits per heavy atom. The van der Waals surface area contributed by atoms with Gasteiger partial charge in [-0.3, -0.25) is 9.89 Å². The molecule has 1 aliphatic heterocycles. The molecule has 0 aromatic carbocycles. The van der Waals surface area contributed by atoms with Crippen LogP contribution >= 0.6 is 0 Å². The van der Waals surface area contributed by atoms with Crippen LogP contribution in [0.1, 0.15) is 17.4 Å². The SMILES string of the molecule is CC1CN(C)CCN1C(=O)c1[nH]ncc1N. The molecular weight excluding hydrogens is 206 g/mol. The summed E-state index contributed by atoms with van der Waals surface area (Å²) < 4.78 is 0. The summed E-state index contributed by atoms with van der Waals surface area (Å²) >= 11 is 0. The number of H-pyrrole nitrogens is 1. The largest absolute Gasteiger partial charge is 0.396 e. The number of rotatable bonds is 1. The Kier molecular flexibility index (Phi) is 2.82. The summed E-state index contributed by atoms with van der Waals surface area (Å²) in [7, 11) is 2.06. The first-order valence-electron chi connectivity index (χ1n) is 5.38. The first-order chi connectivity index (χ1) is 7.59. The van der Waals surface area contributed by atoms with Crippen molar-refractivity contribution >= 4 is 11.6 Å². The molecule has 6 nitrogen and oxygen atoms in total. The van der Waals surface area contributed by atoms with Gasteiger partial charge in [-0.05, 0) is 14.0 Å². The molecule has 1 aromatic rings. The van der Waals surface area contributed by atoms with Gasteiger partial charge in [0.25, 0.3) is 5.91 Å². The van der Waals surface area contributed by atoms with Crippen molar-refractivity contribution in [1.82, 2.24) is 20.0 Å². The van der Waals surface area contributed by atoms with Crippen molar-refractivity contribution in [1.29, 1.82) is 0 Å².